The molecule has 0 saturated heterocycles. The molecule has 158 valence electrons. The molecule has 6 heteroatoms. The molecule has 33 heavy (non-hydrogen) atoms. The van der Waals surface area contributed by atoms with Gasteiger partial charge in [0.2, 0.25) is 0 Å². The zero-order chi connectivity index (χ0) is 22.4. The molecule has 4 nitrogen and oxygen atoms in total. The van der Waals surface area contributed by atoms with Crippen molar-refractivity contribution in [2.45, 2.75) is 0 Å². The molecule has 0 aliphatic heterocycles. The summed E-state index contributed by atoms with van der Waals surface area (Å²) in [6.45, 7) is 0. The van der Waals surface area contributed by atoms with Crippen LogP contribution in [0.25, 0.3) is 56.1 Å². The Hall–Kier alpha value is -3.54. The van der Waals surface area contributed by atoms with Gasteiger partial charge in [0.05, 0.1) is 0 Å². The molecule has 4 aromatic carbocycles. The maximum absolute atomic E-state index is 6.30. The fourth-order valence-corrected chi connectivity index (χ4v) is 4.76. The SMILES string of the molecule is Clc1cc(Br)cc(-c2nc(-c3ccccc3)nc(-c3ccc4c(c3)oc3ccccc34)n2)c1. The lowest BCUT2D eigenvalue weighted by atomic mass is 10.1. The number of hydrogen-bond acceptors (Lipinski definition) is 4. The van der Waals surface area contributed by atoms with Gasteiger partial charge in [0, 0.05) is 37.0 Å². The number of para-hydroxylation sites is 1. The number of fused-ring (bicyclic) bond motifs is 3. The predicted molar refractivity (Wildman–Crippen MR) is 136 cm³/mol. The minimum absolute atomic E-state index is 0.548. The average molecular weight is 513 g/mol. The summed E-state index contributed by atoms with van der Waals surface area (Å²) >= 11 is 9.82. The molecule has 0 bridgehead atoms. The van der Waals surface area contributed by atoms with Gasteiger partial charge in [0.15, 0.2) is 17.5 Å². The van der Waals surface area contributed by atoms with E-state index in [1.165, 1.54) is 0 Å². The molecule has 0 atom stereocenters. The summed E-state index contributed by atoms with van der Waals surface area (Å²) in [7, 11) is 0. The second-order valence-electron chi connectivity index (χ2n) is 7.64. The molecule has 0 amide bonds. The van der Waals surface area contributed by atoms with Gasteiger partial charge in [-0.25, -0.2) is 15.0 Å². The van der Waals surface area contributed by atoms with Gasteiger partial charge in [0.25, 0.3) is 0 Å². The monoisotopic (exact) mass is 511 g/mol. The van der Waals surface area contributed by atoms with Crippen LogP contribution in [0.15, 0.2) is 99.9 Å². The topological polar surface area (TPSA) is 51.8 Å². The number of benzene rings is 4. The van der Waals surface area contributed by atoms with E-state index in [2.05, 4.69) is 28.1 Å². The second-order valence-corrected chi connectivity index (χ2v) is 8.99. The first-order valence-corrected chi connectivity index (χ1v) is 11.5. The standard InChI is InChI=1S/C27H15BrClN3O/c28-19-12-18(13-20(29)15-19)27-31-25(16-6-2-1-3-7-16)30-26(32-27)17-10-11-22-21-8-4-5-9-23(21)33-24(22)14-17/h1-15H. The van der Waals surface area contributed by atoms with Crippen molar-refractivity contribution in [2.24, 2.45) is 0 Å². The van der Waals surface area contributed by atoms with Crippen molar-refractivity contribution >= 4 is 49.5 Å². The van der Waals surface area contributed by atoms with Gasteiger partial charge >= 0.3 is 0 Å². The first kappa shape index (κ1) is 20.1. The van der Waals surface area contributed by atoms with Crippen molar-refractivity contribution in [2.75, 3.05) is 0 Å². The number of nitrogens with zero attached hydrogens (tertiary/aromatic N) is 3. The quantitative estimate of drug-likeness (QED) is 0.240. The van der Waals surface area contributed by atoms with Crippen molar-refractivity contribution in [1.82, 2.24) is 15.0 Å². The van der Waals surface area contributed by atoms with Crippen LogP contribution in [0.4, 0.5) is 0 Å². The molecule has 0 fully saturated rings. The average Bonchev–Trinajstić information content (AvgIpc) is 3.21. The van der Waals surface area contributed by atoms with E-state index in [0.717, 1.165) is 43.1 Å². The van der Waals surface area contributed by atoms with Crippen LogP contribution in [0.1, 0.15) is 0 Å². The summed E-state index contributed by atoms with van der Waals surface area (Å²) in [4.78, 5) is 14.3. The zero-order valence-electron chi connectivity index (χ0n) is 17.2. The molecular formula is C27H15BrClN3O. The van der Waals surface area contributed by atoms with Gasteiger partial charge in [-0.1, -0.05) is 82.1 Å². The van der Waals surface area contributed by atoms with Crippen molar-refractivity contribution in [3.8, 4) is 34.2 Å². The normalized spacial score (nSPS) is 11.3. The van der Waals surface area contributed by atoms with Gasteiger partial charge in [-0.3, -0.25) is 0 Å². The summed E-state index contributed by atoms with van der Waals surface area (Å²) in [5, 5.41) is 2.75. The highest BCUT2D eigenvalue weighted by atomic mass is 79.9. The number of halogens is 2. The van der Waals surface area contributed by atoms with Gasteiger partial charge in [-0.05, 0) is 36.4 Å². The molecule has 6 aromatic rings. The third-order valence-electron chi connectivity index (χ3n) is 5.43. The van der Waals surface area contributed by atoms with Crippen LogP contribution in [0.2, 0.25) is 5.02 Å². The highest BCUT2D eigenvalue weighted by molar-refractivity contribution is 9.10. The maximum atomic E-state index is 6.30. The summed E-state index contributed by atoms with van der Waals surface area (Å²) in [5.74, 6) is 1.71. The molecule has 0 aliphatic carbocycles. The van der Waals surface area contributed by atoms with E-state index in [0.29, 0.717) is 22.5 Å². The van der Waals surface area contributed by atoms with Crippen molar-refractivity contribution in [3.05, 3.63) is 100 Å². The lowest BCUT2D eigenvalue weighted by molar-refractivity contribution is 0.669. The Morgan fingerprint density at radius 1 is 0.576 bits per heavy atom. The van der Waals surface area contributed by atoms with Crippen LogP contribution in [-0.2, 0) is 0 Å². The van der Waals surface area contributed by atoms with E-state index in [1.54, 1.807) is 0 Å². The zero-order valence-corrected chi connectivity index (χ0v) is 19.5. The first-order chi connectivity index (χ1) is 16.1. The number of furan rings is 1. The van der Waals surface area contributed by atoms with E-state index in [4.69, 9.17) is 31.0 Å². The Balaban J connectivity index is 1.57. The van der Waals surface area contributed by atoms with Crippen LogP contribution in [0.3, 0.4) is 0 Å². The Labute approximate surface area is 203 Å². The number of rotatable bonds is 3. The van der Waals surface area contributed by atoms with Gasteiger partial charge in [0.1, 0.15) is 11.2 Å². The molecule has 0 N–H and O–H groups in total. The van der Waals surface area contributed by atoms with Crippen LogP contribution >= 0.6 is 27.5 Å². The Kier molecular flexibility index (Phi) is 4.93. The smallest absolute Gasteiger partial charge is 0.164 e. The minimum Gasteiger partial charge on any atom is -0.456 e. The maximum Gasteiger partial charge on any atom is 0.164 e. The highest BCUT2D eigenvalue weighted by Crippen LogP contribution is 2.33. The molecule has 0 spiro atoms. The van der Waals surface area contributed by atoms with Gasteiger partial charge in [-0.15, -0.1) is 0 Å². The Morgan fingerprint density at radius 3 is 2.03 bits per heavy atom. The number of aromatic nitrogens is 3. The van der Waals surface area contributed by atoms with E-state index in [9.17, 15) is 0 Å². The molecule has 6 rings (SSSR count). The summed E-state index contributed by atoms with van der Waals surface area (Å²) in [6.07, 6.45) is 0. The predicted octanol–water partition coefficient (Wildman–Crippen LogP) is 8.19. The van der Waals surface area contributed by atoms with Crippen molar-refractivity contribution in [1.29, 1.82) is 0 Å². The van der Waals surface area contributed by atoms with Crippen molar-refractivity contribution in [3.63, 3.8) is 0 Å². The Morgan fingerprint density at radius 2 is 1.24 bits per heavy atom. The third-order valence-corrected chi connectivity index (χ3v) is 6.10. The summed E-state index contributed by atoms with van der Waals surface area (Å²) in [5.41, 5.74) is 4.22. The second kappa shape index (κ2) is 8.10. The lowest BCUT2D eigenvalue weighted by Gasteiger charge is -2.09. The van der Waals surface area contributed by atoms with E-state index >= 15 is 0 Å². The van der Waals surface area contributed by atoms with E-state index < -0.39 is 0 Å². The molecule has 0 aliphatic rings. The Bertz CT molecular complexity index is 1630. The molecule has 2 heterocycles. The van der Waals surface area contributed by atoms with Crippen LogP contribution < -0.4 is 0 Å². The lowest BCUT2D eigenvalue weighted by Crippen LogP contribution is -2.00. The molecule has 0 saturated carbocycles. The van der Waals surface area contributed by atoms with Gasteiger partial charge in [-0.2, -0.15) is 0 Å². The van der Waals surface area contributed by atoms with Crippen molar-refractivity contribution < 1.29 is 4.42 Å². The molecule has 0 unspecified atom stereocenters. The molecule has 0 radical (unpaired) electrons. The van der Waals surface area contributed by atoms with Crippen LogP contribution in [-0.4, -0.2) is 15.0 Å². The number of hydrogen-bond donors (Lipinski definition) is 0. The minimum atomic E-state index is 0.548. The van der Waals surface area contributed by atoms with Crippen LogP contribution in [0.5, 0.6) is 0 Å². The molecular weight excluding hydrogens is 498 g/mol. The third kappa shape index (κ3) is 3.80. The summed E-state index contributed by atoms with van der Waals surface area (Å²) < 4.78 is 6.94. The summed E-state index contributed by atoms with van der Waals surface area (Å²) in [6, 6.07) is 29.6. The fourth-order valence-electron chi connectivity index (χ4n) is 3.90. The van der Waals surface area contributed by atoms with E-state index in [-0.39, 0.29) is 0 Å². The fraction of sp³-hybridized carbons (Fsp3) is 0. The van der Waals surface area contributed by atoms with E-state index in [1.807, 2.05) is 78.9 Å². The largest absolute Gasteiger partial charge is 0.456 e. The van der Waals surface area contributed by atoms with Crippen LogP contribution in [0, 0.1) is 0 Å². The first-order valence-electron chi connectivity index (χ1n) is 10.3. The van der Waals surface area contributed by atoms with Gasteiger partial charge < -0.3 is 4.42 Å². The molecule has 2 aromatic heterocycles. The highest BCUT2D eigenvalue weighted by Gasteiger charge is 2.15.